The molecule has 1 saturated heterocycles. The van der Waals surface area contributed by atoms with Gasteiger partial charge in [-0.1, -0.05) is 58.8 Å². The van der Waals surface area contributed by atoms with Crippen molar-refractivity contribution in [3.05, 3.63) is 0 Å². The summed E-state index contributed by atoms with van der Waals surface area (Å²) in [5.41, 5.74) is 0.472. The van der Waals surface area contributed by atoms with Crippen LogP contribution in [0, 0.1) is 11.8 Å². The molecule has 2 heteroatoms. The van der Waals surface area contributed by atoms with Gasteiger partial charge in [-0.05, 0) is 37.6 Å². The van der Waals surface area contributed by atoms with E-state index in [0.29, 0.717) is 5.54 Å². The maximum Gasteiger partial charge on any atom is 0.0309 e. The smallest absolute Gasteiger partial charge is 0.0309 e. The highest BCUT2D eigenvalue weighted by Gasteiger charge is 2.40. The first-order valence-corrected chi connectivity index (χ1v) is 9.68. The molecule has 1 unspecified atom stereocenters. The zero-order valence-electron chi connectivity index (χ0n) is 14.4. The van der Waals surface area contributed by atoms with Gasteiger partial charge in [-0.3, -0.25) is 4.90 Å². The van der Waals surface area contributed by atoms with E-state index in [1.165, 1.54) is 83.8 Å². The van der Waals surface area contributed by atoms with Crippen LogP contribution in [-0.4, -0.2) is 36.1 Å². The Bertz CT molecular complexity index is 314. The molecule has 122 valence electrons. The third-order valence-electron chi connectivity index (χ3n) is 6.54. The largest absolute Gasteiger partial charge is 0.308 e. The Morgan fingerprint density at radius 3 is 2.43 bits per heavy atom. The Kier molecular flexibility index (Phi) is 5.27. The van der Waals surface area contributed by atoms with Gasteiger partial charge in [0.15, 0.2) is 0 Å². The molecule has 1 atom stereocenters. The van der Waals surface area contributed by atoms with Crippen molar-refractivity contribution in [2.24, 2.45) is 11.8 Å². The van der Waals surface area contributed by atoms with Gasteiger partial charge < -0.3 is 5.32 Å². The highest BCUT2D eigenvalue weighted by Crippen LogP contribution is 2.34. The zero-order chi connectivity index (χ0) is 14.7. The summed E-state index contributed by atoms with van der Waals surface area (Å²) in [5, 5.41) is 3.98. The van der Waals surface area contributed by atoms with Crippen molar-refractivity contribution in [2.45, 2.75) is 89.6 Å². The van der Waals surface area contributed by atoms with Gasteiger partial charge >= 0.3 is 0 Å². The van der Waals surface area contributed by atoms with Crippen molar-refractivity contribution in [1.29, 1.82) is 0 Å². The molecule has 0 aromatic rings. The lowest BCUT2D eigenvalue weighted by Crippen LogP contribution is -2.66. The summed E-state index contributed by atoms with van der Waals surface area (Å²) in [6.45, 7) is 8.73. The number of nitrogens with zero attached hydrogens (tertiary/aromatic N) is 1. The number of rotatable bonds is 4. The predicted octanol–water partition coefficient (Wildman–Crippen LogP) is 4.20. The summed E-state index contributed by atoms with van der Waals surface area (Å²) in [4.78, 5) is 2.88. The molecule has 21 heavy (non-hydrogen) atoms. The molecule has 2 saturated carbocycles. The zero-order valence-corrected chi connectivity index (χ0v) is 14.4. The Labute approximate surface area is 132 Å². The summed E-state index contributed by atoms with van der Waals surface area (Å²) >= 11 is 0. The highest BCUT2D eigenvalue weighted by molar-refractivity contribution is 5.00. The second-order valence-electron chi connectivity index (χ2n) is 8.44. The van der Waals surface area contributed by atoms with Gasteiger partial charge in [0.25, 0.3) is 0 Å². The van der Waals surface area contributed by atoms with Crippen molar-refractivity contribution in [1.82, 2.24) is 10.2 Å². The fraction of sp³-hybridized carbons (Fsp3) is 1.00. The number of hydrogen-bond acceptors (Lipinski definition) is 2. The predicted molar refractivity (Wildman–Crippen MR) is 90.6 cm³/mol. The second kappa shape index (κ2) is 7.00. The first kappa shape index (κ1) is 15.8. The SMILES string of the molecule is CC(C)C1CNC2(CCCCC2)CN1CCC1CCCC1. The average molecular weight is 293 g/mol. The molecule has 1 aliphatic heterocycles. The van der Waals surface area contributed by atoms with E-state index in [0.717, 1.165) is 17.9 Å². The summed E-state index contributed by atoms with van der Waals surface area (Å²) in [5.74, 6) is 1.82. The molecule has 0 amide bonds. The molecule has 1 N–H and O–H groups in total. The van der Waals surface area contributed by atoms with E-state index >= 15 is 0 Å². The Balaban J connectivity index is 1.60. The van der Waals surface area contributed by atoms with Crippen LogP contribution in [0.3, 0.4) is 0 Å². The van der Waals surface area contributed by atoms with Crippen LogP contribution in [0.15, 0.2) is 0 Å². The number of piperazine rings is 1. The van der Waals surface area contributed by atoms with Crippen molar-refractivity contribution in [3.8, 4) is 0 Å². The minimum absolute atomic E-state index is 0.472. The lowest BCUT2D eigenvalue weighted by Gasteiger charge is -2.51. The maximum absolute atomic E-state index is 3.98. The standard InChI is InChI=1S/C19H36N2/c1-16(2)18-14-20-19(11-6-3-7-12-19)15-21(18)13-10-17-8-4-5-9-17/h16-18,20H,3-15H2,1-2H3. The van der Waals surface area contributed by atoms with Crippen molar-refractivity contribution < 1.29 is 0 Å². The minimum atomic E-state index is 0.472. The van der Waals surface area contributed by atoms with Gasteiger partial charge in [0.1, 0.15) is 0 Å². The van der Waals surface area contributed by atoms with Gasteiger partial charge in [0.2, 0.25) is 0 Å². The van der Waals surface area contributed by atoms with Gasteiger partial charge in [0.05, 0.1) is 0 Å². The Hall–Kier alpha value is -0.0800. The van der Waals surface area contributed by atoms with Gasteiger partial charge in [0, 0.05) is 24.7 Å². The summed E-state index contributed by atoms with van der Waals surface area (Å²) < 4.78 is 0. The van der Waals surface area contributed by atoms with Crippen LogP contribution in [0.25, 0.3) is 0 Å². The van der Waals surface area contributed by atoms with Gasteiger partial charge in [-0.25, -0.2) is 0 Å². The first-order valence-electron chi connectivity index (χ1n) is 9.68. The van der Waals surface area contributed by atoms with Crippen LogP contribution in [0.1, 0.15) is 78.1 Å². The van der Waals surface area contributed by atoms with Crippen LogP contribution in [-0.2, 0) is 0 Å². The van der Waals surface area contributed by atoms with E-state index in [4.69, 9.17) is 0 Å². The maximum atomic E-state index is 3.98. The van der Waals surface area contributed by atoms with Crippen molar-refractivity contribution in [3.63, 3.8) is 0 Å². The molecular formula is C19H36N2. The van der Waals surface area contributed by atoms with Crippen LogP contribution in [0.2, 0.25) is 0 Å². The molecule has 3 aliphatic rings. The van der Waals surface area contributed by atoms with Crippen LogP contribution in [0.4, 0.5) is 0 Å². The fourth-order valence-electron chi connectivity index (χ4n) is 5.13. The van der Waals surface area contributed by atoms with E-state index in [9.17, 15) is 0 Å². The van der Waals surface area contributed by atoms with E-state index in [-0.39, 0.29) is 0 Å². The number of hydrogen-bond donors (Lipinski definition) is 1. The highest BCUT2D eigenvalue weighted by atomic mass is 15.3. The molecule has 0 aromatic heterocycles. The fourth-order valence-corrected chi connectivity index (χ4v) is 5.13. The molecule has 2 aliphatic carbocycles. The van der Waals surface area contributed by atoms with E-state index in [2.05, 4.69) is 24.1 Å². The average Bonchev–Trinajstić information content (AvgIpc) is 2.99. The van der Waals surface area contributed by atoms with E-state index in [1.807, 2.05) is 0 Å². The van der Waals surface area contributed by atoms with Crippen LogP contribution >= 0.6 is 0 Å². The summed E-state index contributed by atoms with van der Waals surface area (Å²) in [6, 6.07) is 0.763. The first-order chi connectivity index (χ1) is 10.2. The molecule has 0 aromatic carbocycles. The minimum Gasteiger partial charge on any atom is -0.308 e. The number of nitrogens with one attached hydrogen (secondary N) is 1. The van der Waals surface area contributed by atoms with Crippen LogP contribution < -0.4 is 5.32 Å². The third-order valence-corrected chi connectivity index (χ3v) is 6.54. The summed E-state index contributed by atoms with van der Waals surface area (Å²) in [7, 11) is 0. The Morgan fingerprint density at radius 1 is 1.05 bits per heavy atom. The lowest BCUT2D eigenvalue weighted by molar-refractivity contribution is 0.0329. The second-order valence-corrected chi connectivity index (χ2v) is 8.44. The lowest BCUT2D eigenvalue weighted by atomic mass is 9.78. The molecule has 0 bridgehead atoms. The molecule has 2 nitrogen and oxygen atoms in total. The van der Waals surface area contributed by atoms with E-state index in [1.54, 1.807) is 0 Å². The topological polar surface area (TPSA) is 15.3 Å². The molecule has 1 spiro atoms. The summed E-state index contributed by atoms with van der Waals surface area (Å²) in [6.07, 6.45) is 14.6. The van der Waals surface area contributed by atoms with E-state index < -0.39 is 0 Å². The van der Waals surface area contributed by atoms with Gasteiger partial charge in [-0.15, -0.1) is 0 Å². The molecule has 1 heterocycles. The molecular weight excluding hydrogens is 256 g/mol. The van der Waals surface area contributed by atoms with Gasteiger partial charge in [-0.2, -0.15) is 0 Å². The molecule has 3 fully saturated rings. The quantitative estimate of drug-likeness (QED) is 0.835. The molecule has 3 rings (SSSR count). The van der Waals surface area contributed by atoms with Crippen molar-refractivity contribution in [2.75, 3.05) is 19.6 Å². The normalized spacial score (nSPS) is 31.3. The Morgan fingerprint density at radius 2 is 1.76 bits per heavy atom. The van der Waals surface area contributed by atoms with Crippen LogP contribution in [0.5, 0.6) is 0 Å². The monoisotopic (exact) mass is 292 g/mol. The third kappa shape index (κ3) is 3.82. The molecule has 0 radical (unpaired) electrons. The van der Waals surface area contributed by atoms with Crippen molar-refractivity contribution >= 4 is 0 Å².